The monoisotopic (exact) mass is 338 g/mol. The van der Waals surface area contributed by atoms with Crippen molar-refractivity contribution in [2.75, 3.05) is 31.6 Å². The molecule has 1 N–H and O–H groups in total. The van der Waals surface area contributed by atoms with Gasteiger partial charge in [-0.05, 0) is 51.1 Å². The van der Waals surface area contributed by atoms with Crippen LogP contribution in [0.25, 0.3) is 0 Å². The smallest absolute Gasteiger partial charge is 0.128 e. The molecule has 0 bridgehead atoms. The molecular formula is C21H30N4. The molecule has 0 aliphatic carbocycles. The Morgan fingerprint density at radius 2 is 1.96 bits per heavy atom. The number of hydrogen-bond acceptors (Lipinski definition) is 4. The number of anilines is 1. The summed E-state index contributed by atoms with van der Waals surface area (Å²) in [6, 6.07) is 18.1. The van der Waals surface area contributed by atoms with E-state index in [0.717, 1.165) is 25.5 Å². The summed E-state index contributed by atoms with van der Waals surface area (Å²) in [5, 5.41) is 3.76. The first kappa shape index (κ1) is 17.9. The Morgan fingerprint density at radius 1 is 1.16 bits per heavy atom. The second-order valence-electron chi connectivity index (χ2n) is 7.10. The Kier molecular flexibility index (Phi) is 6.42. The van der Waals surface area contributed by atoms with Crippen LogP contribution in [0.1, 0.15) is 25.3 Å². The van der Waals surface area contributed by atoms with E-state index in [9.17, 15) is 0 Å². The van der Waals surface area contributed by atoms with Gasteiger partial charge in [0.25, 0.3) is 0 Å². The van der Waals surface area contributed by atoms with Gasteiger partial charge in [0.1, 0.15) is 5.82 Å². The normalized spacial score (nSPS) is 21.2. The van der Waals surface area contributed by atoms with Crippen LogP contribution in [0.15, 0.2) is 54.7 Å². The number of likely N-dealkylation sites (tertiary alicyclic amines) is 1. The summed E-state index contributed by atoms with van der Waals surface area (Å²) >= 11 is 0. The van der Waals surface area contributed by atoms with Crippen LogP contribution in [-0.4, -0.2) is 48.6 Å². The first-order chi connectivity index (χ1) is 12.2. The van der Waals surface area contributed by atoms with Crippen molar-refractivity contribution in [3.63, 3.8) is 0 Å². The van der Waals surface area contributed by atoms with Crippen LogP contribution in [0, 0.1) is 0 Å². The van der Waals surface area contributed by atoms with Gasteiger partial charge in [-0.2, -0.15) is 0 Å². The summed E-state index contributed by atoms with van der Waals surface area (Å²) in [5.74, 6) is 1.05. The van der Waals surface area contributed by atoms with E-state index < -0.39 is 0 Å². The maximum Gasteiger partial charge on any atom is 0.128 e. The highest BCUT2D eigenvalue weighted by Crippen LogP contribution is 2.16. The Hall–Kier alpha value is -1.91. The lowest BCUT2D eigenvalue weighted by atomic mass is 9.99. The number of piperidine rings is 1. The van der Waals surface area contributed by atoms with Crippen LogP contribution >= 0.6 is 0 Å². The third kappa shape index (κ3) is 5.28. The topological polar surface area (TPSA) is 31.4 Å². The van der Waals surface area contributed by atoms with Crippen LogP contribution in [0.4, 0.5) is 5.82 Å². The minimum Gasteiger partial charge on any atom is -0.351 e. The maximum absolute atomic E-state index is 4.55. The molecule has 1 aliphatic rings. The predicted octanol–water partition coefficient (Wildman–Crippen LogP) is 3.16. The van der Waals surface area contributed by atoms with Crippen molar-refractivity contribution in [2.45, 2.75) is 38.4 Å². The highest BCUT2D eigenvalue weighted by Gasteiger charge is 2.22. The highest BCUT2D eigenvalue weighted by molar-refractivity contribution is 5.39. The third-order valence-corrected chi connectivity index (χ3v) is 5.21. The minimum absolute atomic E-state index is 0.633. The highest BCUT2D eigenvalue weighted by atomic mass is 15.2. The molecule has 1 fully saturated rings. The minimum atomic E-state index is 0.633. The lowest BCUT2D eigenvalue weighted by Crippen LogP contribution is -2.47. The molecule has 2 aromatic rings. The van der Waals surface area contributed by atoms with Gasteiger partial charge in [0.15, 0.2) is 0 Å². The summed E-state index contributed by atoms with van der Waals surface area (Å²) in [7, 11) is 2.23. The summed E-state index contributed by atoms with van der Waals surface area (Å²) in [6.45, 7) is 6.36. The number of nitrogens with one attached hydrogen (secondary N) is 1. The van der Waals surface area contributed by atoms with E-state index in [1.54, 1.807) is 0 Å². The molecule has 2 atom stereocenters. The summed E-state index contributed by atoms with van der Waals surface area (Å²) in [4.78, 5) is 9.37. The first-order valence-corrected chi connectivity index (χ1v) is 9.36. The molecule has 2 heterocycles. The van der Waals surface area contributed by atoms with Gasteiger partial charge in [-0.25, -0.2) is 4.98 Å². The van der Waals surface area contributed by atoms with Gasteiger partial charge in [-0.1, -0.05) is 36.4 Å². The van der Waals surface area contributed by atoms with Crippen molar-refractivity contribution in [3.05, 3.63) is 60.3 Å². The average Bonchev–Trinajstić information content (AvgIpc) is 2.65. The number of rotatable bonds is 7. The van der Waals surface area contributed by atoms with Gasteiger partial charge in [0.05, 0.1) is 0 Å². The Morgan fingerprint density at radius 3 is 2.68 bits per heavy atom. The number of nitrogens with zero attached hydrogens (tertiary/aromatic N) is 3. The molecule has 0 radical (unpaired) electrons. The summed E-state index contributed by atoms with van der Waals surface area (Å²) < 4.78 is 0. The Bertz CT molecular complexity index is 616. The van der Waals surface area contributed by atoms with Gasteiger partial charge in [0.2, 0.25) is 0 Å². The van der Waals surface area contributed by atoms with E-state index in [4.69, 9.17) is 0 Å². The first-order valence-electron chi connectivity index (χ1n) is 9.36. The number of aromatic nitrogens is 1. The summed E-state index contributed by atoms with van der Waals surface area (Å²) in [6.07, 6.45) is 4.35. The molecule has 134 valence electrons. The van der Waals surface area contributed by atoms with E-state index in [2.05, 4.69) is 76.5 Å². The Labute approximate surface area is 151 Å². The molecule has 1 aromatic carbocycles. The van der Waals surface area contributed by atoms with E-state index >= 15 is 0 Å². The lowest BCUT2D eigenvalue weighted by molar-refractivity contribution is 0.169. The Balaban J connectivity index is 1.56. The van der Waals surface area contributed by atoms with E-state index in [0.29, 0.717) is 12.1 Å². The van der Waals surface area contributed by atoms with Crippen LogP contribution in [0.3, 0.4) is 0 Å². The third-order valence-electron chi connectivity index (χ3n) is 5.21. The van der Waals surface area contributed by atoms with Gasteiger partial charge in [-0.15, -0.1) is 0 Å². The molecule has 4 heteroatoms. The average molecular weight is 338 g/mol. The van der Waals surface area contributed by atoms with E-state index in [1.807, 2.05) is 12.3 Å². The molecule has 1 aromatic heterocycles. The zero-order valence-corrected chi connectivity index (χ0v) is 15.4. The molecule has 0 amide bonds. The summed E-state index contributed by atoms with van der Waals surface area (Å²) in [5.41, 5.74) is 1.32. The largest absolute Gasteiger partial charge is 0.351 e. The molecule has 1 saturated heterocycles. The van der Waals surface area contributed by atoms with Gasteiger partial charge >= 0.3 is 0 Å². The van der Waals surface area contributed by atoms with Crippen LogP contribution in [0.5, 0.6) is 0 Å². The van der Waals surface area contributed by atoms with E-state index in [-0.39, 0.29) is 0 Å². The fourth-order valence-corrected chi connectivity index (χ4v) is 3.50. The second-order valence-corrected chi connectivity index (χ2v) is 7.10. The standard InChI is InChI=1S/C21H30N4/c1-18-16-20(11-14-24(18)2)22-13-15-25(21-10-6-7-12-23-21)17-19-8-4-3-5-9-19/h3-10,12,18,20,22H,11,13-17H2,1-2H3. The van der Waals surface area contributed by atoms with Crippen molar-refractivity contribution in [2.24, 2.45) is 0 Å². The molecule has 2 unspecified atom stereocenters. The number of benzene rings is 1. The van der Waals surface area contributed by atoms with Gasteiger partial charge in [0, 0.05) is 37.9 Å². The molecule has 0 spiro atoms. The maximum atomic E-state index is 4.55. The van der Waals surface area contributed by atoms with Crippen molar-refractivity contribution < 1.29 is 0 Å². The molecular weight excluding hydrogens is 308 g/mol. The quantitative estimate of drug-likeness (QED) is 0.840. The molecule has 1 aliphatic heterocycles. The van der Waals surface area contributed by atoms with Crippen LogP contribution in [-0.2, 0) is 6.54 Å². The van der Waals surface area contributed by atoms with Crippen molar-refractivity contribution >= 4 is 5.82 Å². The van der Waals surface area contributed by atoms with Crippen LogP contribution in [0.2, 0.25) is 0 Å². The van der Waals surface area contributed by atoms with Gasteiger partial charge < -0.3 is 15.1 Å². The molecule has 0 saturated carbocycles. The fraction of sp³-hybridized carbons (Fsp3) is 0.476. The SMILES string of the molecule is CC1CC(NCCN(Cc2ccccc2)c2ccccn2)CCN1C. The number of pyridine rings is 1. The molecule has 3 rings (SSSR count). The molecule has 4 nitrogen and oxygen atoms in total. The lowest BCUT2D eigenvalue weighted by Gasteiger charge is -2.36. The predicted molar refractivity (Wildman–Crippen MR) is 105 cm³/mol. The van der Waals surface area contributed by atoms with Crippen molar-refractivity contribution in [3.8, 4) is 0 Å². The fourth-order valence-electron chi connectivity index (χ4n) is 3.50. The number of hydrogen-bond donors (Lipinski definition) is 1. The zero-order valence-electron chi connectivity index (χ0n) is 15.4. The van der Waals surface area contributed by atoms with Crippen molar-refractivity contribution in [1.82, 2.24) is 15.2 Å². The van der Waals surface area contributed by atoms with E-state index in [1.165, 1.54) is 24.9 Å². The second kappa shape index (κ2) is 8.97. The van der Waals surface area contributed by atoms with Gasteiger partial charge in [-0.3, -0.25) is 0 Å². The van der Waals surface area contributed by atoms with Crippen molar-refractivity contribution in [1.29, 1.82) is 0 Å². The van der Waals surface area contributed by atoms with Crippen LogP contribution < -0.4 is 10.2 Å². The molecule has 25 heavy (non-hydrogen) atoms. The zero-order chi connectivity index (χ0) is 17.5.